The molecular weight excluding hydrogens is 456 g/mol. The number of benzene rings is 2. The number of allylic oxidation sites excluding steroid dienone is 4. The number of fused-ring (bicyclic) bond motifs is 2. The summed E-state index contributed by atoms with van der Waals surface area (Å²) in [5.74, 6) is -1.67. The van der Waals surface area contributed by atoms with Gasteiger partial charge in [0.05, 0.1) is 22.5 Å². The number of rotatable bonds is 9. The summed E-state index contributed by atoms with van der Waals surface area (Å²) in [5.41, 5.74) is 0.957. The van der Waals surface area contributed by atoms with Gasteiger partial charge < -0.3 is 20.4 Å². The van der Waals surface area contributed by atoms with Gasteiger partial charge in [0.1, 0.15) is 0 Å². The van der Waals surface area contributed by atoms with Crippen molar-refractivity contribution in [1.82, 2.24) is 20.4 Å². The highest BCUT2D eigenvalue weighted by molar-refractivity contribution is 6.36. The fourth-order valence-electron chi connectivity index (χ4n) is 4.37. The van der Waals surface area contributed by atoms with Crippen LogP contribution in [0.4, 0.5) is 0 Å². The smallest absolute Gasteiger partial charge is 0.210 e. The maximum atomic E-state index is 13.9. The van der Waals surface area contributed by atoms with Crippen LogP contribution in [0.1, 0.15) is 41.4 Å². The van der Waals surface area contributed by atoms with Crippen molar-refractivity contribution in [1.29, 1.82) is 0 Å². The minimum absolute atomic E-state index is 0.0444. The van der Waals surface area contributed by atoms with Gasteiger partial charge in [-0.25, -0.2) is 0 Å². The molecule has 2 aromatic carbocycles. The summed E-state index contributed by atoms with van der Waals surface area (Å²) < 4.78 is 0. The topological polar surface area (TPSA) is 98.8 Å². The number of carbonyl (C=O) groups excluding carboxylic acids is 4. The molecular formula is C28H30N4O4. The second-order valence-electron chi connectivity index (χ2n) is 9.37. The Kier molecular flexibility index (Phi) is 7.28. The molecule has 2 N–H and O–H groups in total. The molecule has 2 aliphatic rings. The first kappa shape index (κ1) is 25.2. The molecule has 186 valence electrons. The van der Waals surface area contributed by atoms with Crippen molar-refractivity contribution in [3.63, 3.8) is 0 Å². The number of carbonyl (C=O) groups is 4. The van der Waals surface area contributed by atoms with Crippen molar-refractivity contribution < 1.29 is 19.2 Å². The summed E-state index contributed by atoms with van der Waals surface area (Å²) in [6.07, 6.45) is 0. The van der Waals surface area contributed by atoms with Crippen molar-refractivity contribution in [2.24, 2.45) is 0 Å². The number of hydrogen-bond donors (Lipinski definition) is 2. The molecule has 0 bridgehead atoms. The molecule has 2 aliphatic carbocycles. The van der Waals surface area contributed by atoms with Gasteiger partial charge in [0.25, 0.3) is 0 Å². The maximum Gasteiger partial charge on any atom is 0.210 e. The molecule has 0 aliphatic heterocycles. The van der Waals surface area contributed by atoms with E-state index in [4.69, 9.17) is 0 Å². The first-order valence-corrected chi connectivity index (χ1v) is 11.8. The van der Waals surface area contributed by atoms with Gasteiger partial charge in [-0.3, -0.25) is 19.2 Å². The van der Waals surface area contributed by atoms with E-state index in [1.165, 1.54) is 0 Å². The largest absolute Gasteiger partial charge is 0.380 e. The van der Waals surface area contributed by atoms with Crippen molar-refractivity contribution >= 4 is 23.1 Å². The monoisotopic (exact) mass is 486 g/mol. The van der Waals surface area contributed by atoms with Gasteiger partial charge in [0.2, 0.25) is 11.6 Å². The van der Waals surface area contributed by atoms with Gasteiger partial charge >= 0.3 is 0 Å². The minimum Gasteiger partial charge on any atom is -0.380 e. The van der Waals surface area contributed by atoms with Crippen molar-refractivity contribution in [2.75, 3.05) is 54.4 Å². The molecule has 8 nitrogen and oxygen atoms in total. The molecule has 0 fully saturated rings. The van der Waals surface area contributed by atoms with Crippen LogP contribution in [-0.4, -0.2) is 87.3 Å². The number of likely N-dealkylation sites (N-methyl/N-ethyl adjacent to an activating group) is 2. The quantitative estimate of drug-likeness (QED) is 0.555. The van der Waals surface area contributed by atoms with E-state index >= 15 is 0 Å². The van der Waals surface area contributed by atoms with E-state index in [-0.39, 0.29) is 56.4 Å². The van der Waals surface area contributed by atoms with Crippen molar-refractivity contribution in [2.45, 2.75) is 0 Å². The molecule has 0 heterocycles. The zero-order chi connectivity index (χ0) is 26.0. The summed E-state index contributed by atoms with van der Waals surface area (Å²) in [4.78, 5) is 58.8. The third-order valence-corrected chi connectivity index (χ3v) is 6.21. The highest BCUT2D eigenvalue weighted by Crippen LogP contribution is 2.36. The standard InChI is InChI=1S/C28H30N4O4/c1-31(2)15-13-29-23-21(25(33)17-9-5-7-11-19(17)27(23)35)22-24(30-14-16-32(3)4)28(36)20-12-8-6-10-18(20)26(22)34/h5-12,29-30H,13-16H2,1-4H3. The summed E-state index contributed by atoms with van der Waals surface area (Å²) in [6.45, 7) is 1.95. The van der Waals surface area contributed by atoms with Crippen LogP contribution in [0, 0.1) is 0 Å². The number of Topliss-reactive ketones (excluding diaryl/α,β-unsaturated/α-hetero) is 4. The molecule has 0 unspecified atom stereocenters. The number of hydrogen-bond acceptors (Lipinski definition) is 8. The molecule has 0 amide bonds. The van der Waals surface area contributed by atoms with E-state index in [1.54, 1.807) is 48.5 Å². The molecule has 0 atom stereocenters. The van der Waals surface area contributed by atoms with Crippen LogP contribution in [-0.2, 0) is 0 Å². The zero-order valence-corrected chi connectivity index (χ0v) is 21.0. The van der Waals surface area contributed by atoms with E-state index in [1.807, 2.05) is 38.0 Å². The molecule has 36 heavy (non-hydrogen) atoms. The van der Waals surface area contributed by atoms with Crippen LogP contribution in [0.25, 0.3) is 0 Å². The lowest BCUT2D eigenvalue weighted by molar-refractivity contribution is 0.0946. The van der Waals surface area contributed by atoms with Crippen LogP contribution in [0.5, 0.6) is 0 Å². The first-order chi connectivity index (χ1) is 17.2. The summed E-state index contributed by atoms with van der Waals surface area (Å²) in [6, 6.07) is 13.1. The van der Waals surface area contributed by atoms with E-state index in [0.29, 0.717) is 26.2 Å². The predicted octanol–water partition coefficient (Wildman–Crippen LogP) is 1.96. The van der Waals surface area contributed by atoms with Gasteiger partial charge in [-0.05, 0) is 28.2 Å². The number of nitrogens with one attached hydrogen (secondary N) is 2. The molecule has 0 radical (unpaired) electrons. The van der Waals surface area contributed by atoms with Crippen LogP contribution >= 0.6 is 0 Å². The van der Waals surface area contributed by atoms with E-state index in [2.05, 4.69) is 10.6 Å². The normalized spacial score (nSPS) is 15.6. The lowest BCUT2D eigenvalue weighted by Crippen LogP contribution is -2.39. The predicted molar refractivity (Wildman–Crippen MR) is 137 cm³/mol. The van der Waals surface area contributed by atoms with Gasteiger partial charge in [-0.2, -0.15) is 0 Å². The molecule has 8 heteroatoms. The Labute approximate surface area is 210 Å². The Hall–Kier alpha value is -3.88. The average molecular weight is 487 g/mol. The molecule has 4 rings (SSSR count). The van der Waals surface area contributed by atoms with Crippen molar-refractivity contribution in [3.8, 4) is 0 Å². The Bertz CT molecular complexity index is 1220. The third-order valence-electron chi connectivity index (χ3n) is 6.21. The second-order valence-corrected chi connectivity index (χ2v) is 9.37. The molecule has 0 saturated heterocycles. The number of nitrogens with zero attached hydrogens (tertiary/aromatic N) is 2. The summed E-state index contributed by atoms with van der Waals surface area (Å²) in [7, 11) is 7.59. The Morgan fingerprint density at radius 3 is 1.14 bits per heavy atom. The highest BCUT2D eigenvalue weighted by atomic mass is 16.2. The fourth-order valence-corrected chi connectivity index (χ4v) is 4.37. The van der Waals surface area contributed by atoms with Crippen LogP contribution in [0.2, 0.25) is 0 Å². The Morgan fingerprint density at radius 1 is 0.528 bits per heavy atom. The van der Waals surface area contributed by atoms with E-state index in [0.717, 1.165) is 0 Å². The van der Waals surface area contributed by atoms with Crippen LogP contribution in [0.3, 0.4) is 0 Å². The second kappa shape index (κ2) is 10.4. The van der Waals surface area contributed by atoms with Gasteiger partial charge in [0.15, 0.2) is 11.6 Å². The summed E-state index contributed by atoms with van der Waals surface area (Å²) in [5, 5.41) is 6.22. The van der Waals surface area contributed by atoms with Gasteiger partial charge in [-0.1, -0.05) is 48.5 Å². The minimum atomic E-state index is -0.458. The highest BCUT2D eigenvalue weighted by Gasteiger charge is 2.41. The summed E-state index contributed by atoms with van der Waals surface area (Å²) >= 11 is 0. The lowest BCUT2D eigenvalue weighted by atomic mass is 9.77. The fraction of sp³-hybridized carbons (Fsp3) is 0.286. The van der Waals surface area contributed by atoms with Crippen molar-refractivity contribution in [3.05, 3.63) is 93.3 Å². The van der Waals surface area contributed by atoms with E-state index in [9.17, 15) is 19.2 Å². The van der Waals surface area contributed by atoms with Gasteiger partial charge in [0, 0.05) is 48.4 Å². The average Bonchev–Trinajstić information content (AvgIpc) is 2.85. The third kappa shape index (κ3) is 4.65. The Balaban J connectivity index is 1.93. The number of ketones is 4. The maximum absolute atomic E-state index is 13.9. The van der Waals surface area contributed by atoms with Crippen LogP contribution < -0.4 is 10.6 Å². The molecule has 0 saturated carbocycles. The van der Waals surface area contributed by atoms with Gasteiger partial charge in [-0.15, -0.1) is 0 Å². The van der Waals surface area contributed by atoms with E-state index < -0.39 is 11.6 Å². The first-order valence-electron chi connectivity index (χ1n) is 11.8. The lowest BCUT2D eigenvalue weighted by Gasteiger charge is -2.28. The SMILES string of the molecule is CN(C)CCNC1=C(C2=C(NCCN(C)C)C(=O)c3ccccc3C2=O)C(=O)c2ccccc2C1=O. The zero-order valence-electron chi connectivity index (χ0n) is 21.0. The van der Waals surface area contributed by atoms with Crippen LogP contribution in [0.15, 0.2) is 71.1 Å². The Morgan fingerprint density at radius 2 is 0.833 bits per heavy atom. The molecule has 0 spiro atoms. The molecule has 2 aromatic rings. The molecule has 0 aromatic heterocycles.